The molecule has 0 aliphatic carbocycles. The number of benzene rings is 1. The van der Waals surface area contributed by atoms with Gasteiger partial charge in [-0.1, -0.05) is 31.4 Å². The number of hydrogen-bond donors (Lipinski definition) is 2. The third kappa shape index (κ3) is 4.41. The third-order valence-electron chi connectivity index (χ3n) is 3.10. The number of hydrogen-bond acceptors (Lipinski definition) is 5. The molecule has 1 aromatic carbocycles. The molecule has 0 aliphatic rings. The number of esters is 1. The molecule has 0 saturated carbocycles. The Hall–Kier alpha value is -3.68. The Morgan fingerprint density at radius 3 is 2.40 bits per heavy atom. The normalized spacial score (nSPS) is 9.80. The van der Waals surface area contributed by atoms with Crippen LogP contribution in [0.25, 0.3) is 5.69 Å². The zero-order chi connectivity index (χ0) is 18.4. The van der Waals surface area contributed by atoms with Crippen LogP contribution in [-0.4, -0.2) is 34.4 Å². The van der Waals surface area contributed by atoms with Crippen LogP contribution >= 0.6 is 0 Å². The van der Waals surface area contributed by atoms with Crippen LogP contribution in [0.4, 0.5) is 0 Å². The quantitative estimate of drug-likeness (QED) is 0.601. The smallest absolute Gasteiger partial charge is 0.353 e. The summed E-state index contributed by atoms with van der Waals surface area (Å²) in [5, 5.41) is 4.48. The summed E-state index contributed by atoms with van der Waals surface area (Å²) in [4.78, 5) is 39.2. The van der Waals surface area contributed by atoms with E-state index < -0.39 is 17.8 Å². The van der Waals surface area contributed by atoms with Crippen molar-refractivity contribution in [2.24, 2.45) is 0 Å². The van der Waals surface area contributed by atoms with Crippen molar-refractivity contribution < 1.29 is 19.1 Å². The molecule has 0 fully saturated rings. The van der Waals surface area contributed by atoms with E-state index in [0.29, 0.717) is 0 Å². The van der Waals surface area contributed by atoms with E-state index in [4.69, 9.17) is 0 Å². The molecule has 2 aromatic rings. The second kappa shape index (κ2) is 7.73. The number of aromatic nitrogens is 2. The van der Waals surface area contributed by atoms with E-state index in [1.165, 1.54) is 12.5 Å². The van der Waals surface area contributed by atoms with Crippen molar-refractivity contribution in [3.8, 4) is 5.69 Å². The van der Waals surface area contributed by atoms with Crippen LogP contribution in [0.5, 0.6) is 0 Å². The zero-order valence-corrected chi connectivity index (χ0v) is 13.5. The molecule has 0 spiro atoms. The lowest BCUT2D eigenvalue weighted by Gasteiger charge is -2.09. The van der Waals surface area contributed by atoms with Gasteiger partial charge >= 0.3 is 5.97 Å². The van der Waals surface area contributed by atoms with Crippen molar-refractivity contribution in [1.82, 2.24) is 20.2 Å². The monoisotopic (exact) mass is 340 g/mol. The summed E-state index contributed by atoms with van der Waals surface area (Å²) >= 11 is 0. The van der Waals surface area contributed by atoms with Gasteiger partial charge in [-0.15, -0.1) is 0 Å². The fourth-order valence-electron chi connectivity index (χ4n) is 1.83. The van der Waals surface area contributed by atoms with Gasteiger partial charge in [-0.05, 0) is 12.1 Å². The van der Waals surface area contributed by atoms with Crippen molar-refractivity contribution in [3.05, 3.63) is 73.1 Å². The molecule has 0 radical (unpaired) electrons. The average molecular weight is 340 g/mol. The second-order valence-electron chi connectivity index (χ2n) is 4.86. The summed E-state index contributed by atoms with van der Waals surface area (Å²) in [6.07, 6.45) is 3.00. The van der Waals surface area contributed by atoms with E-state index >= 15 is 0 Å². The van der Waals surface area contributed by atoms with Crippen LogP contribution in [-0.2, 0) is 14.3 Å². The van der Waals surface area contributed by atoms with Crippen molar-refractivity contribution in [2.45, 2.75) is 0 Å². The maximum Gasteiger partial charge on any atom is 0.353 e. The Labute approximate surface area is 143 Å². The standard InChI is InChI=1S/C17H16N4O4/c1-11(15(22)20-12(2)17(24)25-3)19-16(23)14-9-21(10-18-14)13-7-5-4-6-8-13/h4-10H,1-2H2,3H3,(H,19,23)(H,20,22). The first-order valence-corrected chi connectivity index (χ1v) is 7.10. The zero-order valence-electron chi connectivity index (χ0n) is 13.5. The molecule has 1 aromatic heterocycles. The fraction of sp³-hybridized carbons (Fsp3) is 0.0588. The van der Waals surface area contributed by atoms with E-state index in [1.807, 2.05) is 30.3 Å². The number of methoxy groups -OCH3 is 1. The largest absolute Gasteiger partial charge is 0.464 e. The van der Waals surface area contributed by atoms with Crippen molar-refractivity contribution >= 4 is 17.8 Å². The van der Waals surface area contributed by atoms with Gasteiger partial charge in [0.05, 0.1) is 12.8 Å². The molecule has 2 rings (SSSR count). The van der Waals surface area contributed by atoms with Gasteiger partial charge in [0, 0.05) is 11.9 Å². The van der Waals surface area contributed by atoms with Gasteiger partial charge in [-0.25, -0.2) is 9.78 Å². The molecular formula is C17H16N4O4. The first kappa shape index (κ1) is 17.7. The molecule has 2 amide bonds. The lowest BCUT2D eigenvalue weighted by Crippen LogP contribution is -2.35. The fourth-order valence-corrected chi connectivity index (χ4v) is 1.83. The maximum atomic E-state index is 12.1. The minimum atomic E-state index is -0.797. The van der Waals surface area contributed by atoms with Gasteiger partial charge in [0.1, 0.15) is 17.7 Å². The van der Waals surface area contributed by atoms with E-state index in [1.54, 1.807) is 4.57 Å². The molecule has 1 heterocycles. The Kier molecular flexibility index (Phi) is 5.47. The summed E-state index contributed by atoms with van der Waals surface area (Å²) in [6.45, 7) is 6.80. The lowest BCUT2D eigenvalue weighted by atomic mass is 10.3. The van der Waals surface area contributed by atoms with E-state index in [-0.39, 0.29) is 17.1 Å². The number of nitrogens with one attached hydrogen (secondary N) is 2. The summed E-state index contributed by atoms with van der Waals surface area (Å²) in [7, 11) is 1.15. The predicted octanol–water partition coefficient (Wildman–Crippen LogP) is 0.919. The highest BCUT2D eigenvalue weighted by atomic mass is 16.5. The van der Waals surface area contributed by atoms with Crippen molar-refractivity contribution in [3.63, 3.8) is 0 Å². The van der Waals surface area contributed by atoms with Gasteiger partial charge in [-0.3, -0.25) is 9.59 Å². The topological polar surface area (TPSA) is 102 Å². The highest BCUT2D eigenvalue weighted by Crippen LogP contribution is 2.08. The highest BCUT2D eigenvalue weighted by molar-refractivity contribution is 6.04. The number of nitrogens with zero attached hydrogens (tertiary/aromatic N) is 2. The number of carbonyl (C=O) groups excluding carboxylic acids is 3. The molecule has 0 aliphatic heterocycles. The summed E-state index contributed by atoms with van der Waals surface area (Å²) in [5.74, 6) is -2.20. The maximum absolute atomic E-state index is 12.1. The van der Waals surface area contributed by atoms with Crippen LogP contribution in [0.3, 0.4) is 0 Å². The molecule has 0 saturated heterocycles. The van der Waals surface area contributed by atoms with Gasteiger partial charge in [-0.2, -0.15) is 0 Å². The summed E-state index contributed by atoms with van der Waals surface area (Å²) in [5.41, 5.74) is 0.408. The lowest BCUT2D eigenvalue weighted by molar-refractivity contribution is -0.137. The molecule has 25 heavy (non-hydrogen) atoms. The van der Waals surface area contributed by atoms with Crippen LogP contribution in [0.2, 0.25) is 0 Å². The SMILES string of the molecule is C=C(NC(=O)c1cn(-c2ccccc2)cn1)C(=O)NC(=C)C(=O)OC. The summed E-state index contributed by atoms with van der Waals surface area (Å²) in [6, 6.07) is 9.30. The molecule has 2 N–H and O–H groups in total. The van der Waals surface area contributed by atoms with Gasteiger partial charge in [0.15, 0.2) is 0 Å². The minimum absolute atomic E-state index is 0.101. The molecule has 128 valence electrons. The second-order valence-corrected chi connectivity index (χ2v) is 4.86. The summed E-state index contributed by atoms with van der Waals surface area (Å²) < 4.78 is 6.07. The Morgan fingerprint density at radius 1 is 1.08 bits per heavy atom. The highest BCUT2D eigenvalue weighted by Gasteiger charge is 2.17. The van der Waals surface area contributed by atoms with E-state index in [0.717, 1.165) is 12.8 Å². The van der Waals surface area contributed by atoms with E-state index in [2.05, 4.69) is 33.5 Å². The Morgan fingerprint density at radius 2 is 1.76 bits per heavy atom. The first-order chi connectivity index (χ1) is 11.9. The Balaban J connectivity index is 1.99. The minimum Gasteiger partial charge on any atom is -0.464 e. The number of amides is 2. The number of imidazole rings is 1. The number of rotatable bonds is 6. The Bertz CT molecular complexity index is 839. The number of para-hydroxylation sites is 1. The molecule has 8 heteroatoms. The predicted molar refractivity (Wildman–Crippen MR) is 89.5 cm³/mol. The number of carbonyl (C=O) groups is 3. The molecular weight excluding hydrogens is 324 g/mol. The third-order valence-corrected chi connectivity index (χ3v) is 3.10. The molecule has 0 unspecified atom stereocenters. The van der Waals surface area contributed by atoms with Gasteiger partial charge in [0.2, 0.25) is 0 Å². The van der Waals surface area contributed by atoms with Gasteiger partial charge < -0.3 is 19.9 Å². The van der Waals surface area contributed by atoms with Crippen LogP contribution in [0.1, 0.15) is 10.5 Å². The van der Waals surface area contributed by atoms with Crippen molar-refractivity contribution in [1.29, 1.82) is 0 Å². The van der Waals surface area contributed by atoms with E-state index in [9.17, 15) is 14.4 Å². The van der Waals surface area contributed by atoms with Crippen LogP contribution in [0, 0.1) is 0 Å². The molecule has 0 bridgehead atoms. The average Bonchev–Trinajstić information content (AvgIpc) is 3.11. The van der Waals surface area contributed by atoms with Crippen molar-refractivity contribution in [2.75, 3.05) is 7.11 Å². The van der Waals surface area contributed by atoms with Crippen LogP contribution in [0.15, 0.2) is 67.4 Å². The number of ether oxygens (including phenoxy) is 1. The molecule has 8 nitrogen and oxygen atoms in total. The van der Waals surface area contributed by atoms with Crippen LogP contribution < -0.4 is 10.6 Å². The first-order valence-electron chi connectivity index (χ1n) is 7.10. The van der Waals surface area contributed by atoms with Gasteiger partial charge in [0.25, 0.3) is 11.8 Å². The molecule has 0 atom stereocenters.